The van der Waals surface area contributed by atoms with Crippen LogP contribution in [0, 0.1) is 5.92 Å². The van der Waals surface area contributed by atoms with Crippen LogP contribution in [0.3, 0.4) is 0 Å². The summed E-state index contributed by atoms with van der Waals surface area (Å²) >= 11 is 3.24. The number of thiophene rings is 1. The maximum Gasteiger partial charge on any atom is 0.241 e. The van der Waals surface area contributed by atoms with Crippen LogP contribution in [0.1, 0.15) is 24.6 Å². The Morgan fingerprint density at radius 3 is 2.90 bits per heavy atom. The van der Waals surface area contributed by atoms with Gasteiger partial charge in [-0.25, -0.2) is 13.1 Å². The number of sulfonamides is 1. The predicted octanol–water partition coefficient (Wildman–Crippen LogP) is 2.28. The number of nitrogens with one attached hydrogen (secondary N) is 2. The number of rotatable bonds is 9. The summed E-state index contributed by atoms with van der Waals surface area (Å²) in [6.45, 7) is 3.20. The molecule has 4 nitrogen and oxygen atoms in total. The first kappa shape index (κ1) is 16.3. The molecule has 0 saturated heterocycles. The Kier molecular flexibility index (Phi) is 5.92. The van der Waals surface area contributed by atoms with Crippen LogP contribution in [-0.2, 0) is 16.6 Å². The molecule has 1 aromatic heterocycles. The first-order chi connectivity index (χ1) is 9.53. The smallest absolute Gasteiger partial charge is 0.241 e. The molecule has 1 aliphatic carbocycles. The summed E-state index contributed by atoms with van der Waals surface area (Å²) in [5.41, 5.74) is 0. The quantitative estimate of drug-likeness (QED) is 0.727. The Morgan fingerprint density at radius 2 is 2.25 bits per heavy atom. The van der Waals surface area contributed by atoms with E-state index in [9.17, 15) is 8.42 Å². The minimum atomic E-state index is -3.38. The van der Waals surface area contributed by atoms with Crippen LogP contribution in [-0.4, -0.2) is 33.0 Å². The molecule has 2 rings (SSSR count). The van der Waals surface area contributed by atoms with Crippen LogP contribution < -0.4 is 10.0 Å². The van der Waals surface area contributed by atoms with E-state index in [-0.39, 0.29) is 0 Å². The Bertz CT molecular complexity index is 523. The van der Waals surface area contributed by atoms with E-state index in [2.05, 4.69) is 17.0 Å². The van der Waals surface area contributed by atoms with Crippen molar-refractivity contribution < 1.29 is 8.42 Å². The van der Waals surface area contributed by atoms with Crippen molar-refractivity contribution >= 4 is 33.1 Å². The van der Waals surface area contributed by atoms with Crippen molar-refractivity contribution in [1.29, 1.82) is 0 Å². The molecular formula is C13H22N2O2S3. The van der Waals surface area contributed by atoms with Crippen molar-refractivity contribution in [2.75, 3.05) is 18.6 Å². The molecule has 0 radical (unpaired) electrons. The summed E-state index contributed by atoms with van der Waals surface area (Å²) in [5.74, 6) is 1.30. The summed E-state index contributed by atoms with van der Waals surface area (Å²) in [4.78, 5) is 1.34. The van der Waals surface area contributed by atoms with Crippen molar-refractivity contribution in [2.45, 2.75) is 37.2 Å². The number of hydrogen-bond acceptors (Lipinski definition) is 5. The third-order valence-corrected chi connectivity index (χ3v) is 6.66. The van der Waals surface area contributed by atoms with Crippen LogP contribution in [0.5, 0.6) is 0 Å². The fraction of sp³-hybridized carbons (Fsp3) is 0.692. The molecule has 1 aliphatic rings. The average Bonchev–Trinajstić information content (AvgIpc) is 3.10. The molecule has 1 unspecified atom stereocenters. The lowest BCUT2D eigenvalue weighted by molar-refractivity contribution is 0.561. The summed E-state index contributed by atoms with van der Waals surface area (Å²) in [6.07, 6.45) is 4.45. The van der Waals surface area contributed by atoms with Crippen molar-refractivity contribution in [2.24, 2.45) is 5.92 Å². The second-order valence-corrected chi connectivity index (χ2v) is 8.92. The van der Waals surface area contributed by atoms with E-state index in [4.69, 9.17) is 0 Å². The van der Waals surface area contributed by atoms with Crippen LogP contribution in [0.15, 0.2) is 16.3 Å². The molecule has 0 bridgehead atoms. The van der Waals surface area contributed by atoms with Gasteiger partial charge in [-0.05, 0) is 42.2 Å². The molecule has 0 spiro atoms. The largest absolute Gasteiger partial charge is 0.309 e. The van der Waals surface area contributed by atoms with E-state index in [1.54, 1.807) is 17.8 Å². The van der Waals surface area contributed by atoms with Crippen molar-refractivity contribution in [3.63, 3.8) is 0 Å². The number of hydrogen-bond donors (Lipinski definition) is 2. The zero-order valence-corrected chi connectivity index (χ0v) is 14.3. The first-order valence-corrected chi connectivity index (χ1v) is 10.6. The van der Waals surface area contributed by atoms with Crippen LogP contribution in [0.2, 0.25) is 0 Å². The fourth-order valence-electron chi connectivity index (χ4n) is 1.89. The molecular weight excluding hydrogens is 312 g/mol. The zero-order chi connectivity index (χ0) is 14.6. The van der Waals surface area contributed by atoms with Crippen molar-refractivity contribution in [3.8, 4) is 0 Å². The highest BCUT2D eigenvalue weighted by atomic mass is 32.2. The lowest BCUT2D eigenvalue weighted by atomic mass is 10.2. The number of thioether (sulfide) groups is 1. The average molecular weight is 335 g/mol. The molecule has 1 aromatic rings. The minimum absolute atomic E-state index is 0.339. The lowest BCUT2D eigenvalue weighted by Crippen LogP contribution is -2.30. The van der Waals surface area contributed by atoms with E-state index < -0.39 is 10.0 Å². The van der Waals surface area contributed by atoms with Gasteiger partial charge in [0.15, 0.2) is 0 Å². The van der Waals surface area contributed by atoms with E-state index in [0.29, 0.717) is 29.9 Å². The van der Waals surface area contributed by atoms with Crippen LogP contribution in [0.25, 0.3) is 0 Å². The van der Waals surface area contributed by atoms with Gasteiger partial charge < -0.3 is 5.32 Å². The topological polar surface area (TPSA) is 58.2 Å². The van der Waals surface area contributed by atoms with Gasteiger partial charge in [0.1, 0.15) is 0 Å². The van der Waals surface area contributed by atoms with E-state index in [1.165, 1.54) is 24.2 Å². The van der Waals surface area contributed by atoms with Gasteiger partial charge in [-0.2, -0.15) is 11.8 Å². The molecule has 7 heteroatoms. The van der Waals surface area contributed by atoms with E-state index in [1.807, 2.05) is 11.6 Å². The van der Waals surface area contributed by atoms with Gasteiger partial charge in [-0.15, -0.1) is 11.3 Å². The Hall–Kier alpha value is -0.0800. The highest BCUT2D eigenvalue weighted by Crippen LogP contribution is 2.24. The summed E-state index contributed by atoms with van der Waals surface area (Å²) in [5, 5.41) is 5.22. The molecule has 20 heavy (non-hydrogen) atoms. The molecule has 2 N–H and O–H groups in total. The minimum Gasteiger partial charge on any atom is -0.309 e. The summed E-state index contributed by atoms with van der Waals surface area (Å²) in [7, 11) is -3.38. The molecule has 1 atom stereocenters. The van der Waals surface area contributed by atoms with Crippen LogP contribution in [0.4, 0.5) is 0 Å². The third kappa shape index (κ3) is 4.73. The second-order valence-electron chi connectivity index (χ2n) is 5.28. The highest BCUT2D eigenvalue weighted by molar-refractivity contribution is 7.98. The van der Waals surface area contributed by atoms with E-state index in [0.717, 1.165) is 10.6 Å². The maximum absolute atomic E-state index is 12.3. The van der Waals surface area contributed by atoms with Gasteiger partial charge in [0.25, 0.3) is 0 Å². The standard InChI is InChI=1S/C13H22N2O2S3/c1-10(9-18-2)7-15-20(16,17)13-5-6-19-12(13)8-14-11-3-4-11/h5-6,10-11,14-15H,3-4,7-9H2,1-2H3. The summed E-state index contributed by atoms with van der Waals surface area (Å²) in [6, 6.07) is 2.29. The fourth-order valence-corrected chi connectivity index (χ4v) is 5.14. The van der Waals surface area contributed by atoms with Gasteiger partial charge in [-0.3, -0.25) is 0 Å². The van der Waals surface area contributed by atoms with Gasteiger partial charge >= 0.3 is 0 Å². The molecule has 114 valence electrons. The molecule has 0 aromatic carbocycles. The van der Waals surface area contributed by atoms with Crippen molar-refractivity contribution in [1.82, 2.24) is 10.0 Å². The zero-order valence-electron chi connectivity index (χ0n) is 11.9. The normalized spacial score (nSPS) is 17.3. The maximum atomic E-state index is 12.3. The van der Waals surface area contributed by atoms with Crippen LogP contribution >= 0.6 is 23.1 Å². The van der Waals surface area contributed by atoms with Gasteiger partial charge in [-0.1, -0.05) is 6.92 Å². The third-order valence-electron chi connectivity index (χ3n) is 3.20. The molecule has 1 fully saturated rings. The predicted molar refractivity (Wildman–Crippen MR) is 86.9 cm³/mol. The van der Waals surface area contributed by atoms with E-state index >= 15 is 0 Å². The molecule has 0 aliphatic heterocycles. The first-order valence-electron chi connectivity index (χ1n) is 6.81. The highest BCUT2D eigenvalue weighted by Gasteiger charge is 2.24. The SMILES string of the molecule is CSCC(C)CNS(=O)(=O)c1ccsc1CNC1CC1. The molecule has 1 heterocycles. The lowest BCUT2D eigenvalue weighted by Gasteiger charge is -2.12. The second kappa shape index (κ2) is 7.26. The van der Waals surface area contributed by atoms with Gasteiger partial charge in [0.05, 0.1) is 4.90 Å². The Balaban J connectivity index is 1.95. The van der Waals surface area contributed by atoms with Gasteiger partial charge in [0, 0.05) is 24.0 Å². The monoisotopic (exact) mass is 334 g/mol. The Morgan fingerprint density at radius 1 is 1.50 bits per heavy atom. The summed E-state index contributed by atoms with van der Waals surface area (Å²) < 4.78 is 27.4. The molecule has 1 saturated carbocycles. The molecule has 0 amide bonds. The van der Waals surface area contributed by atoms with Crippen molar-refractivity contribution in [3.05, 3.63) is 16.3 Å². The Labute approximate surface area is 129 Å². The van der Waals surface area contributed by atoms with Gasteiger partial charge in [0.2, 0.25) is 10.0 Å².